The monoisotopic (exact) mass is 290 g/mol. The Morgan fingerprint density at radius 1 is 1.33 bits per heavy atom. The normalized spacial score (nSPS) is 22.9. The van der Waals surface area contributed by atoms with Gasteiger partial charge in [0.2, 0.25) is 0 Å². The van der Waals surface area contributed by atoms with Crippen molar-refractivity contribution < 1.29 is 4.74 Å². The lowest BCUT2D eigenvalue weighted by Gasteiger charge is -2.23. The molecule has 21 heavy (non-hydrogen) atoms. The highest BCUT2D eigenvalue weighted by molar-refractivity contribution is 5.48. The molecule has 0 radical (unpaired) electrons. The predicted molar refractivity (Wildman–Crippen MR) is 83.8 cm³/mol. The molecule has 1 saturated heterocycles. The Bertz CT molecular complexity index is 473. The number of ether oxygens (including phenoxy) is 1. The summed E-state index contributed by atoms with van der Waals surface area (Å²) in [4.78, 5) is 13.8. The first kappa shape index (κ1) is 14.7. The number of nitrogens with zero attached hydrogens (tertiary/aromatic N) is 4. The Hall–Kier alpha value is -1.20. The van der Waals surface area contributed by atoms with Gasteiger partial charge in [0.15, 0.2) is 0 Å². The van der Waals surface area contributed by atoms with Crippen molar-refractivity contribution in [3.8, 4) is 0 Å². The molecule has 1 aromatic rings. The van der Waals surface area contributed by atoms with Crippen LogP contribution in [0.15, 0.2) is 6.33 Å². The Morgan fingerprint density at radius 2 is 2.19 bits per heavy atom. The van der Waals surface area contributed by atoms with Crippen LogP contribution in [0.2, 0.25) is 0 Å². The molecule has 0 N–H and O–H groups in total. The van der Waals surface area contributed by atoms with Crippen molar-refractivity contribution in [2.45, 2.75) is 26.2 Å². The van der Waals surface area contributed by atoms with E-state index in [1.807, 2.05) is 0 Å². The lowest BCUT2D eigenvalue weighted by molar-refractivity contribution is 0.168. The number of fused-ring (bicyclic) bond motifs is 1. The number of rotatable bonds is 4. The molecule has 0 aromatic carbocycles. The van der Waals surface area contributed by atoms with Gasteiger partial charge >= 0.3 is 0 Å². The van der Waals surface area contributed by atoms with Crippen molar-refractivity contribution in [1.29, 1.82) is 0 Å². The molecule has 116 valence electrons. The molecular formula is C16H26N4O. The zero-order valence-electron chi connectivity index (χ0n) is 13.2. The van der Waals surface area contributed by atoms with E-state index >= 15 is 0 Å². The van der Waals surface area contributed by atoms with Crippen molar-refractivity contribution in [1.82, 2.24) is 14.9 Å². The average Bonchev–Trinajstić information content (AvgIpc) is 2.93. The van der Waals surface area contributed by atoms with Crippen LogP contribution in [0, 0.1) is 5.92 Å². The van der Waals surface area contributed by atoms with Crippen LogP contribution in [-0.4, -0.2) is 61.3 Å². The number of hydrogen-bond donors (Lipinski definition) is 0. The van der Waals surface area contributed by atoms with Crippen molar-refractivity contribution in [2.24, 2.45) is 5.92 Å². The van der Waals surface area contributed by atoms with Crippen LogP contribution in [-0.2, 0) is 17.6 Å². The minimum Gasteiger partial charge on any atom is -0.381 e. The first-order chi connectivity index (χ1) is 10.3. The molecule has 0 unspecified atom stereocenters. The summed E-state index contributed by atoms with van der Waals surface area (Å²) >= 11 is 0. The minimum atomic E-state index is 0.718. The highest BCUT2D eigenvalue weighted by atomic mass is 16.5. The van der Waals surface area contributed by atoms with E-state index in [-0.39, 0.29) is 0 Å². The van der Waals surface area contributed by atoms with Crippen molar-refractivity contribution in [2.75, 3.05) is 51.3 Å². The van der Waals surface area contributed by atoms with E-state index in [0.29, 0.717) is 0 Å². The SMILES string of the molecule is CCN(C)c1ncnc2c1CCN(C[C@@H]1CCOC1)CC2. The van der Waals surface area contributed by atoms with Gasteiger partial charge in [-0.05, 0) is 25.7 Å². The highest BCUT2D eigenvalue weighted by Gasteiger charge is 2.23. The fraction of sp³-hybridized carbons (Fsp3) is 0.750. The van der Waals surface area contributed by atoms with E-state index in [4.69, 9.17) is 4.74 Å². The molecule has 1 aromatic heterocycles. The number of hydrogen-bond acceptors (Lipinski definition) is 5. The van der Waals surface area contributed by atoms with Gasteiger partial charge in [-0.15, -0.1) is 0 Å². The van der Waals surface area contributed by atoms with Crippen LogP contribution in [0.1, 0.15) is 24.6 Å². The molecule has 5 heteroatoms. The quantitative estimate of drug-likeness (QED) is 0.838. The Labute approximate surface area is 127 Å². The fourth-order valence-corrected chi connectivity index (χ4v) is 3.31. The molecule has 0 amide bonds. The minimum absolute atomic E-state index is 0.718. The Balaban J connectivity index is 1.70. The van der Waals surface area contributed by atoms with Gasteiger partial charge < -0.3 is 14.5 Å². The van der Waals surface area contributed by atoms with E-state index < -0.39 is 0 Å². The maximum absolute atomic E-state index is 5.50. The summed E-state index contributed by atoms with van der Waals surface area (Å²) in [6.07, 6.45) is 5.04. The van der Waals surface area contributed by atoms with Crippen molar-refractivity contribution in [3.63, 3.8) is 0 Å². The molecule has 2 aliphatic heterocycles. The smallest absolute Gasteiger partial charge is 0.135 e. The maximum Gasteiger partial charge on any atom is 0.135 e. The van der Waals surface area contributed by atoms with E-state index in [0.717, 1.165) is 57.4 Å². The molecule has 3 heterocycles. The van der Waals surface area contributed by atoms with Crippen LogP contribution in [0.4, 0.5) is 5.82 Å². The maximum atomic E-state index is 5.50. The second-order valence-corrected chi connectivity index (χ2v) is 6.17. The van der Waals surface area contributed by atoms with Crippen LogP contribution >= 0.6 is 0 Å². The summed E-state index contributed by atoms with van der Waals surface area (Å²) in [5.74, 6) is 1.84. The summed E-state index contributed by atoms with van der Waals surface area (Å²) in [6.45, 7) is 8.41. The molecule has 1 fully saturated rings. The van der Waals surface area contributed by atoms with Crippen LogP contribution in [0.3, 0.4) is 0 Å². The van der Waals surface area contributed by atoms with Crippen molar-refractivity contribution in [3.05, 3.63) is 17.6 Å². The topological polar surface area (TPSA) is 41.5 Å². The summed E-state index contributed by atoms with van der Waals surface area (Å²) < 4.78 is 5.50. The van der Waals surface area contributed by atoms with E-state index in [1.54, 1.807) is 6.33 Å². The highest BCUT2D eigenvalue weighted by Crippen LogP contribution is 2.23. The summed E-state index contributed by atoms with van der Waals surface area (Å²) in [5, 5.41) is 0. The molecule has 0 spiro atoms. The zero-order valence-corrected chi connectivity index (χ0v) is 13.2. The van der Waals surface area contributed by atoms with Gasteiger partial charge in [-0.2, -0.15) is 0 Å². The molecule has 0 aliphatic carbocycles. The number of anilines is 1. The van der Waals surface area contributed by atoms with Crippen molar-refractivity contribution >= 4 is 5.82 Å². The molecular weight excluding hydrogens is 264 g/mol. The second-order valence-electron chi connectivity index (χ2n) is 6.17. The van der Waals surface area contributed by atoms with E-state index in [1.165, 1.54) is 24.2 Å². The lowest BCUT2D eigenvalue weighted by Crippen LogP contribution is -2.32. The largest absolute Gasteiger partial charge is 0.381 e. The second kappa shape index (κ2) is 6.71. The van der Waals surface area contributed by atoms with Gasteiger partial charge in [0.25, 0.3) is 0 Å². The van der Waals surface area contributed by atoms with Gasteiger partial charge in [-0.3, -0.25) is 0 Å². The van der Waals surface area contributed by atoms with Crippen LogP contribution < -0.4 is 4.90 Å². The first-order valence-corrected chi connectivity index (χ1v) is 8.12. The molecule has 2 aliphatic rings. The first-order valence-electron chi connectivity index (χ1n) is 8.12. The third-order valence-corrected chi connectivity index (χ3v) is 4.73. The summed E-state index contributed by atoms with van der Waals surface area (Å²) in [7, 11) is 2.11. The van der Waals surface area contributed by atoms with E-state index in [2.05, 4.69) is 33.7 Å². The standard InChI is InChI=1S/C16H26N4O/c1-3-19(2)16-14-4-7-20(10-13-6-9-21-11-13)8-5-15(14)17-12-18-16/h12-13H,3-11H2,1-2H3/t13-/m0/s1. The molecule has 3 rings (SSSR count). The van der Waals surface area contributed by atoms with E-state index in [9.17, 15) is 0 Å². The molecule has 5 nitrogen and oxygen atoms in total. The van der Waals surface area contributed by atoms with Gasteiger partial charge in [0, 0.05) is 51.8 Å². The average molecular weight is 290 g/mol. The van der Waals surface area contributed by atoms with Crippen LogP contribution in [0.25, 0.3) is 0 Å². The predicted octanol–water partition coefficient (Wildman–Crippen LogP) is 1.37. The lowest BCUT2D eigenvalue weighted by atomic mass is 10.1. The molecule has 0 bridgehead atoms. The zero-order chi connectivity index (χ0) is 14.7. The fourth-order valence-electron chi connectivity index (χ4n) is 3.31. The third-order valence-electron chi connectivity index (χ3n) is 4.73. The van der Waals surface area contributed by atoms with Gasteiger partial charge in [0.05, 0.1) is 12.3 Å². The molecule has 1 atom stereocenters. The van der Waals surface area contributed by atoms with Gasteiger partial charge in [-0.1, -0.05) is 0 Å². The molecule has 0 saturated carbocycles. The Morgan fingerprint density at radius 3 is 2.95 bits per heavy atom. The summed E-state index contributed by atoms with van der Waals surface area (Å²) in [6, 6.07) is 0. The Kier molecular flexibility index (Phi) is 4.70. The summed E-state index contributed by atoms with van der Waals surface area (Å²) in [5.41, 5.74) is 2.59. The van der Waals surface area contributed by atoms with Crippen LogP contribution in [0.5, 0.6) is 0 Å². The number of aromatic nitrogens is 2. The third kappa shape index (κ3) is 3.35. The van der Waals surface area contributed by atoms with Gasteiger partial charge in [-0.25, -0.2) is 9.97 Å². The van der Waals surface area contributed by atoms with Gasteiger partial charge in [0.1, 0.15) is 12.1 Å².